The van der Waals surface area contributed by atoms with Crippen LogP contribution < -0.4 is 27.4 Å². The van der Waals surface area contributed by atoms with E-state index in [1.807, 2.05) is 10.6 Å². The molecule has 5 atom stereocenters. The molecule has 0 aliphatic carbocycles. The molecule has 4 amide bonds. The van der Waals surface area contributed by atoms with Crippen molar-refractivity contribution in [2.24, 2.45) is 11.5 Å². The maximum Gasteiger partial charge on any atom is 0.328 e. The predicted octanol–water partition coefficient (Wildman–Crippen LogP) is -5.91. The molecule has 0 aromatic heterocycles. The summed E-state index contributed by atoms with van der Waals surface area (Å²) in [6.07, 6.45) is -1.95. The van der Waals surface area contributed by atoms with Gasteiger partial charge in [-0.05, 0) is 6.92 Å². The molecule has 0 aliphatic rings. The molecule has 0 aromatic carbocycles. The van der Waals surface area contributed by atoms with E-state index in [1.165, 1.54) is 6.92 Å². The molecule has 0 radical (unpaired) electrons. The average Bonchev–Trinajstić information content (AvgIpc) is 2.61. The summed E-state index contributed by atoms with van der Waals surface area (Å²) >= 11 is 0. The van der Waals surface area contributed by atoms with Gasteiger partial charge in [-0.15, -0.1) is 0 Å². The second-order valence-corrected chi connectivity index (χ2v) is 5.82. The first kappa shape index (κ1) is 25.2. The van der Waals surface area contributed by atoms with Gasteiger partial charge in [0, 0.05) is 0 Å². The summed E-state index contributed by atoms with van der Waals surface area (Å²) in [4.78, 5) is 58.1. The number of aliphatic carboxylic acids is 1. The van der Waals surface area contributed by atoms with Crippen molar-refractivity contribution < 1.29 is 44.4 Å². The summed E-state index contributed by atoms with van der Waals surface area (Å²) in [5.74, 6) is -5.75. The summed E-state index contributed by atoms with van der Waals surface area (Å²) in [6.45, 7) is -0.676. The van der Waals surface area contributed by atoms with E-state index in [2.05, 4.69) is 5.32 Å². The van der Waals surface area contributed by atoms with Gasteiger partial charge in [0.05, 0.1) is 25.7 Å². The van der Waals surface area contributed by atoms with E-state index >= 15 is 0 Å². The third kappa shape index (κ3) is 8.26. The van der Waals surface area contributed by atoms with Crippen molar-refractivity contribution in [3.05, 3.63) is 0 Å². The number of hydrogen-bond acceptors (Lipinski definition) is 9. The molecular formula is C14H25N5O9. The molecule has 0 saturated heterocycles. The maximum atomic E-state index is 12.3. The van der Waals surface area contributed by atoms with Crippen molar-refractivity contribution in [1.82, 2.24) is 16.0 Å². The minimum absolute atomic E-state index is 0.682. The largest absolute Gasteiger partial charge is 0.480 e. The van der Waals surface area contributed by atoms with E-state index in [-0.39, 0.29) is 0 Å². The van der Waals surface area contributed by atoms with Gasteiger partial charge >= 0.3 is 5.97 Å². The highest BCUT2D eigenvalue weighted by Crippen LogP contribution is 1.98. The lowest BCUT2D eigenvalue weighted by Gasteiger charge is -2.24. The molecule has 160 valence electrons. The minimum atomic E-state index is -1.68. The van der Waals surface area contributed by atoms with Crippen LogP contribution in [0.3, 0.4) is 0 Å². The van der Waals surface area contributed by atoms with Crippen molar-refractivity contribution in [1.29, 1.82) is 0 Å². The van der Waals surface area contributed by atoms with Crippen LogP contribution in [0.15, 0.2) is 0 Å². The van der Waals surface area contributed by atoms with Gasteiger partial charge in [-0.25, -0.2) is 4.79 Å². The molecule has 14 heteroatoms. The molecule has 0 heterocycles. The highest BCUT2D eigenvalue weighted by Gasteiger charge is 2.31. The standard InChI is InChI=1S/C14H25N5O9/c1-5(22)10(16)13(26)17-6(2-9(15)23)11(24)18-7(3-20)12(25)19-8(4-21)14(27)28/h5-8,10,20-22H,2-4,16H2,1H3,(H2,15,23)(H,17,26)(H,18,24)(H,19,25)(H,27,28). The van der Waals surface area contributed by atoms with Crippen LogP contribution >= 0.6 is 0 Å². The van der Waals surface area contributed by atoms with Gasteiger partial charge < -0.3 is 47.8 Å². The Morgan fingerprint density at radius 2 is 1.29 bits per heavy atom. The summed E-state index contributed by atoms with van der Waals surface area (Å²) in [6, 6.07) is -6.33. The third-order valence-corrected chi connectivity index (χ3v) is 3.47. The number of amides is 4. The number of aliphatic hydroxyl groups excluding tert-OH is 3. The number of carbonyl (C=O) groups is 5. The lowest BCUT2D eigenvalue weighted by atomic mass is 10.1. The quantitative estimate of drug-likeness (QED) is 0.148. The van der Waals surface area contributed by atoms with Crippen LogP contribution in [0.4, 0.5) is 0 Å². The molecule has 0 bridgehead atoms. The van der Waals surface area contributed by atoms with E-state index < -0.39 is 79.5 Å². The molecule has 0 saturated carbocycles. The number of nitrogens with one attached hydrogen (secondary N) is 3. The highest BCUT2D eigenvalue weighted by atomic mass is 16.4. The van der Waals surface area contributed by atoms with Crippen molar-refractivity contribution in [3.8, 4) is 0 Å². The molecule has 0 fully saturated rings. The zero-order valence-corrected chi connectivity index (χ0v) is 15.0. The Balaban J connectivity index is 5.19. The maximum absolute atomic E-state index is 12.3. The fraction of sp³-hybridized carbons (Fsp3) is 0.643. The number of carbonyl (C=O) groups excluding carboxylic acids is 4. The Labute approximate surface area is 159 Å². The van der Waals surface area contributed by atoms with Crippen LogP contribution in [0.2, 0.25) is 0 Å². The third-order valence-electron chi connectivity index (χ3n) is 3.47. The molecule has 0 rings (SSSR count). The van der Waals surface area contributed by atoms with Crippen LogP contribution in [0, 0.1) is 0 Å². The second-order valence-electron chi connectivity index (χ2n) is 5.82. The monoisotopic (exact) mass is 407 g/mol. The van der Waals surface area contributed by atoms with Gasteiger partial charge in [-0.3, -0.25) is 19.2 Å². The lowest BCUT2D eigenvalue weighted by Crippen LogP contribution is -2.59. The SMILES string of the molecule is CC(O)C(N)C(=O)NC(CC(N)=O)C(=O)NC(CO)C(=O)NC(CO)C(=O)O. The van der Waals surface area contributed by atoms with Gasteiger partial charge in [0.1, 0.15) is 24.2 Å². The van der Waals surface area contributed by atoms with E-state index in [1.54, 1.807) is 0 Å². The first-order valence-electron chi connectivity index (χ1n) is 8.02. The van der Waals surface area contributed by atoms with Crippen LogP contribution in [-0.4, -0.2) is 93.5 Å². The molecule has 0 aromatic rings. The zero-order valence-electron chi connectivity index (χ0n) is 15.0. The van der Waals surface area contributed by atoms with Gasteiger partial charge in [-0.2, -0.15) is 0 Å². The van der Waals surface area contributed by atoms with Crippen LogP contribution in [0.1, 0.15) is 13.3 Å². The molecule has 5 unspecified atom stereocenters. The van der Waals surface area contributed by atoms with Gasteiger partial charge in [0.15, 0.2) is 0 Å². The molecule has 28 heavy (non-hydrogen) atoms. The van der Waals surface area contributed by atoms with E-state index in [4.69, 9.17) is 21.7 Å². The summed E-state index contributed by atoms with van der Waals surface area (Å²) in [5.41, 5.74) is 10.4. The molecule has 0 aliphatic heterocycles. The molecule has 11 N–H and O–H groups in total. The zero-order chi connectivity index (χ0) is 22.0. The Morgan fingerprint density at radius 3 is 1.68 bits per heavy atom. The number of rotatable bonds is 12. The van der Waals surface area contributed by atoms with Crippen molar-refractivity contribution in [2.75, 3.05) is 13.2 Å². The number of primary amides is 1. The fourth-order valence-electron chi connectivity index (χ4n) is 1.82. The van der Waals surface area contributed by atoms with Crippen LogP contribution in [0.25, 0.3) is 0 Å². The van der Waals surface area contributed by atoms with E-state index in [0.29, 0.717) is 0 Å². The van der Waals surface area contributed by atoms with Crippen molar-refractivity contribution in [3.63, 3.8) is 0 Å². The van der Waals surface area contributed by atoms with E-state index in [0.717, 1.165) is 0 Å². The second kappa shape index (κ2) is 11.8. The Bertz CT molecular complexity index is 598. The molecule has 14 nitrogen and oxygen atoms in total. The van der Waals surface area contributed by atoms with Crippen molar-refractivity contribution in [2.45, 2.75) is 43.6 Å². The topological polar surface area (TPSA) is 254 Å². The number of hydrogen-bond donors (Lipinski definition) is 9. The first-order valence-corrected chi connectivity index (χ1v) is 8.02. The van der Waals surface area contributed by atoms with Gasteiger partial charge in [0.2, 0.25) is 23.6 Å². The Kier molecular flexibility index (Phi) is 10.6. The minimum Gasteiger partial charge on any atom is -0.480 e. The van der Waals surface area contributed by atoms with Gasteiger partial charge in [0.25, 0.3) is 0 Å². The smallest absolute Gasteiger partial charge is 0.328 e. The highest BCUT2D eigenvalue weighted by molar-refractivity contribution is 5.96. The first-order chi connectivity index (χ1) is 12.9. The number of nitrogens with two attached hydrogens (primary N) is 2. The lowest BCUT2D eigenvalue weighted by molar-refractivity contribution is -0.143. The number of carboxylic acids is 1. The van der Waals surface area contributed by atoms with E-state index in [9.17, 15) is 34.2 Å². The summed E-state index contributed by atoms with van der Waals surface area (Å²) in [7, 11) is 0. The van der Waals surface area contributed by atoms with Gasteiger partial charge in [-0.1, -0.05) is 0 Å². The number of aliphatic hydroxyl groups is 3. The van der Waals surface area contributed by atoms with Crippen LogP contribution in [0.5, 0.6) is 0 Å². The van der Waals surface area contributed by atoms with Crippen LogP contribution in [-0.2, 0) is 24.0 Å². The summed E-state index contributed by atoms with van der Waals surface area (Å²) < 4.78 is 0. The van der Waals surface area contributed by atoms with Crippen molar-refractivity contribution >= 4 is 29.6 Å². The predicted molar refractivity (Wildman–Crippen MR) is 91.1 cm³/mol. The normalized spacial score (nSPS) is 16.0. The Hall–Kier alpha value is -2.81. The fourth-order valence-corrected chi connectivity index (χ4v) is 1.82. The molecule has 0 spiro atoms. The molecular weight excluding hydrogens is 382 g/mol. The summed E-state index contributed by atoms with van der Waals surface area (Å²) in [5, 5.41) is 42.2. The number of carboxylic acid groups (broad SMARTS) is 1. The average molecular weight is 407 g/mol. The Morgan fingerprint density at radius 1 is 0.857 bits per heavy atom.